The molecular weight excluding hydrogens is 388 g/mol. The van der Waals surface area contributed by atoms with Gasteiger partial charge in [0.1, 0.15) is 5.75 Å². The van der Waals surface area contributed by atoms with Crippen molar-refractivity contribution < 1.29 is 17.9 Å². The van der Waals surface area contributed by atoms with Crippen LogP contribution in [0, 0.1) is 0 Å². The molecule has 0 saturated heterocycles. The van der Waals surface area contributed by atoms with Crippen molar-refractivity contribution in [2.24, 2.45) is 0 Å². The minimum absolute atomic E-state index is 0.0361. The third-order valence-corrected chi connectivity index (χ3v) is 5.34. The maximum absolute atomic E-state index is 12.3. The first-order valence-electron chi connectivity index (χ1n) is 8.16. The normalized spacial score (nSPS) is 11.7. The molecule has 0 fully saturated rings. The van der Waals surface area contributed by atoms with Crippen LogP contribution in [0.25, 0.3) is 6.08 Å². The van der Waals surface area contributed by atoms with Crippen LogP contribution in [0.3, 0.4) is 0 Å². The van der Waals surface area contributed by atoms with E-state index in [2.05, 4.69) is 10.0 Å². The van der Waals surface area contributed by atoms with E-state index >= 15 is 0 Å². The number of ether oxygens (including phenoxy) is 1. The standard InChI is InChI=1S/C19H21ClN2O4S/c1-13(2)22-27(24,25)16-9-10-18(26-3)17(12-16)21-19(23)11-6-14-4-7-15(20)8-5-14/h4-13,22H,1-3H3,(H,21,23)/b11-6+. The third kappa shape index (κ3) is 6.09. The minimum Gasteiger partial charge on any atom is -0.495 e. The van der Waals surface area contributed by atoms with Crippen LogP contribution in [0.15, 0.2) is 53.4 Å². The zero-order valence-electron chi connectivity index (χ0n) is 15.2. The molecule has 2 rings (SSSR count). The fourth-order valence-electron chi connectivity index (χ4n) is 2.25. The first-order valence-corrected chi connectivity index (χ1v) is 10.0. The van der Waals surface area contributed by atoms with Gasteiger partial charge in [-0.15, -0.1) is 0 Å². The van der Waals surface area contributed by atoms with Crippen LogP contribution >= 0.6 is 11.6 Å². The van der Waals surface area contributed by atoms with Gasteiger partial charge in [0.05, 0.1) is 17.7 Å². The summed E-state index contributed by atoms with van der Waals surface area (Å²) in [5.74, 6) is -0.0682. The Morgan fingerprint density at radius 1 is 1.15 bits per heavy atom. The molecule has 8 heteroatoms. The predicted molar refractivity (Wildman–Crippen MR) is 108 cm³/mol. The van der Waals surface area contributed by atoms with E-state index < -0.39 is 15.9 Å². The lowest BCUT2D eigenvalue weighted by Gasteiger charge is -2.13. The van der Waals surface area contributed by atoms with Crippen LogP contribution in [0.4, 0.5) is 5.69 Å². The second-order valence-corrected chi connectivity index (χ2v) is 8.16. The van der Waals surface area contributed by atoms with Crippen LogP contribution < -0.4 is 14.8 Å². The van der Waals surface area contributed by atoms with Crippen LogP contribution in [-0.2, 0) is 14.8 Å². The number of halogens is 1. The topological polar surface area (TPSA) is 84.5 Å². The van der Waals surface area contributed by atoms with Gasteiger partial charge in [0.15, 0.2) is 0 Å². The number of methoxy groups -OCH3 is 1. The van der Waals surface area contributed by atoms with E-state index in [1.54, 1.807) is 44.2 Å². The number of benzene rings is 2. The Hall–Kier alpha value is -2.35. The molecule has 2 N–H and O–H groups in total. The van der Waals surface area contributed by atoms with Crippen molar-refractivity contribution in [3.05, 3.63) is 59.1 Å². The largest absolute Gasteiger partial charge is 0.495 e. The van der Waals surface area contributed by atoms with Gasteiger partial charge in [-0.05, 0) is 55.8 Å². The van der Waals surface area contributed by atoms with Crippen LogP contribution in [-0.4, -0.2) is 27.5 Å². The fourth-order valence-corrected chi connectivity index (χ4v) is 3.65. The monoisotopic (exact) mass is 408 g/mol. The quantitative estimate of drug-likeness (QED) is 0.684. The number of rotatable bonds is 7. The Kier molecular flexibility index (Phi) is 7.01. The Morgan fingerprint density at radius 2 is 1.81 bits per heavy atom. The molecule has 0 heterocycles. The van der Waals surface area contributed by atoms with Gasteiger partial charge in [0, 0.05) is 17.1 Å². The zero-order chi connectivity index (χ0) is 20.0. The zero-order valence-corrected chi connectivity index (χ0v) is 16.8. The van der Waals surface area contributed by atoms with Crippen molar-refractivity contribution in [2.75, 3.05) is 12.4 Å². The number of carbonyl (C=O) groups is 1. The van der Waals surface area contributed by atoms with Gasteiger partial charge >= 0.3 is 0 Å². The molecule has 0 aliphatic heterocycles. The molecule has 0 aliphatic carbocycles. The third-order valence-electron chi connectivity index (χ3n) is 3.43. The van der Waals surface area contributed by atoms with E-state index in [1.807, 2.05) is 0 Å². The van der Waals surface area contributed by atoms with Crippen molar-refractivity contribution in [1.82, 2.24) is 4.72 Å². The SMILES string of the molecule is COc1ccc(S(=O)(=O)NC(C)C)cc1NC(=O)/C=C/c1ccc(Cl)cc1. The number of hydrogen-bond donors (Lipinski definition) is 2. The summed E-state index contributed by atoms with van der Waals surface area (Å²) in [6.07, 6.45) is 2.97. The Balaban J connectivity index is 2.22. The molecule has 2 aromatic rings. The molecule has 0 unspecified atom stereocenters. The number of hydrogen-bond acceptors (Lipinski definition) is 4. The molecular formula is C19H21ClN2O4S. The van der Waals surface area contributed by atoms with E-state index in [4.69, 9.17) is 16.3 Å². The number of nitrogens with one attached hydrogen (secondary N) is 2. The maximum atomic E-state index is 12.3. The number of carbonyl (C=O) groups excluding carboxylic acids is 1. The van der Waals surface area contributed by atoms with Gasteiger partial charge in [-0.2, -0.15) is 0 Å². The molecule has 0 saturated carbocycles. The van der Waals surface area contributed by atoms with E-state index in [0.717, 1.165) is 5.56 Å². The molecule has 0 atom stereocenters. The average molecular weight is 409 g/mol. The van der Waals surface area contributed by atoms with Crippen molar-refractivity contribution in [3.63, 3.8) is 0 Å². The summed E-state index contributed by atoms with van der Waals surface area (Å²) in [4.78, 5) is 12.3. The lowest BCUT2D eigenvalue weighted by molar-refractivity contribution is -0.111. The summed E-state index contributed by atoms with van der Waals surface area (Å²) < 4.78 is 32.4. The first kappa shape index (κ1) is 21.0. The van der Waals surface area contributed by atoms with Crippen molar-refractivity contribution in [3.8, 4) is 5.75 Å². The second kappa shape index (κ2) is 9.03. The van der Waals surface area contributed by atoms with Gasteiger partial charge in [-0.1, -0.05) is 23.7 Å². The van der Waals surface area contributed by atoms with Crippen molar-refractivity contribution in [1.29, 1.82) is 0 Å². The minimum atomic E-state index is -3.69. The molecule has 0 aromatic heterocycles. The van der Waals surface area contributed by atoms with Crippen LogP contribution in [0.2, 0.25) is 5.02 Å². The highest BCUT2D eigenvalue weighted by Crippen LogP contribution is 2.27. The highest BCUT2D eigenvalue weighted by atomic mass is 35.5. The van der Waals surface area contributed by atoms with E-state index in [0.29, 0.717) is 10.8 Å². The van der Waals surface area contributed by atoms with Gasteiger partial charge in [0.2, 0.25) is 15.9 Å². The highest BCUT2D eigenvalue weighted by Gasteiger charge is 2.18. The molecule has 6 nitrogen and oxygen atoms in total. The predicted octanol–water partition coefficient (Wildman–Crippen LogP) is 3.69. The molecule has 0 spiro atoms. The van der Waals surface area contributed by atoms with Crippen molar-refractivity contribution in [2.45, 2.75) is 24.8 Å². The fraction of sp³-hybridized carbons (Fsp3) is 0.211. The lowest BCUT2D eigenvalue weighted by Crippen LogP contribution is -2.30. The lowest BCUT2D eigenvalue weighted by atomic mass is 10.2. The molecule has 0 radical (unpaired) electrons. The van der Waals surface area contributed by atoms with Crippen molar-refractivity contribution >= 4 is 39.3 Å². The number of anilines is 1. The summed E-state index contributed by atoms with van der Waals surface area (Å²) in [6, 6.07) is 11.0. The van der Waals surface area contributed by atoms with Crippen LogP contribution in [0.5, 0.6) is 5.75 Å². The van der Waals surface area contributed by atoms with E-state index in [-0.39, 0.29) is 16.6 Å². The molecule has 1 amide bonds. The number of amides is 1. The summed E-state index contributed by atoms with van der Waals surface area (Å²) in [7, 11) is -2.25. The highest BCUT2D eigenvalue weighted by molar-refractivity contribution is 7.89. The molecule has 0 aliphatic rings. The van der Waals surface area contributed by atoms with E-state index in [1.165, 1.54) is 31.4 Å². The first-order chi connectivity index (χ1) is 12.7. The van der Waals surface area contributed by atoms with Gasteiger partial charge in [-0.25, -0.2) is 13.1 Å². The molecule has 144 valence electrons. The maximum Gasteiger partial charge on any atom is 0.248 e. The second-order valence-electron chi connectivity index (χ2n) is 6.01. The molecule has 27 heavy (non-hydrogen) atoms. The van der Waals surface area contributed by atoms with Gasteiger partial charge in [0.25, 0.3) is 0 Å². The summed E-state index contributed by atoms with van der Waals surface area (Å²) in [5.41, 5.74) is 1.06. The summed E-state index contributed by atoms with van der Waals surface area (Å²) >= 11 is 5.83. The summed E-state index contributed by atoms with van der Waals surface area (Å²) in [5, 5.41) is 3.25. The Labute approximate surface area is 164 Å². The molecule has 2 aromatic carbocycles. The van der Waals surface area contributed by atoms with Gasteiger partial charge < -0.3 is 10.1 Å². The smallest absolute Gasteiger partial charge is 0.248 e. The van der Waals surface area contributed by atoms with Crippen LogP contribution in [0.1, 0.15) is 19.4 Å². The Morgan fingerprint density at radius 3 is 2.41 bits per heavy atom. The summed E-state index contributed by atoms with van der Waals surface area (Å²) in [6.45, 7) is 3.45. The molecule has 0 bridgehead atoms. The van der Waals surface area contributed by atoms with Gasteiger partial charge in [-0.3, -0.25) is 4.79 Å². The number of sulfonamides is 1. The average Bonchev–Trinajstić information content (AvgIpc) is 2.60. The Bertz CT molecular complexity index is 939. The van der Waals surface area contributed by atoms with E-state index in [9.17, 15) is 13.2 Å².